The molecule has 0 aromatic carbocycles. The Hall–Kier alpha value is -0.960. The zero-order valence-corrected chi connectivity index (χ0v) is 16.9. The van der Waals surface area contributed by atoms with Gasteiger partial charge in [-0.3, -0.25) is 4.79 Å². The van der Waals surface area contributed by atoms with Crippen molar-refractivity contribution < 1.29 is 18.3 Å². The molecule has 2 saturated heterocycles. The lowest BCUT2D eigenvalue weighted by atomic mass is 9.48. The third-order valence-corrected chi connectivity index (χ3v) is 9.48. The van der Waals surface area contributed by atoms with Crippen LogP contribution in [0.4, 0.5) is 0 Å². The summed E-state index contributed by atoms with van der Waals surface area (Å²) in [5, 5.41) is 11.6. The van der Waals surface area contributed by atoms with Gasteiger partial charge < -0.3 is 10.0 Å². The highest BCUT2D eigenvalue weighted by atomic mass is 32.2. The van der Waals surface area contributed by atoms with E-state index in [9.17, 15) is 18.3 Å². The summed E-state index contributed by atoms with van der Waals surface area (Å²) >= 11 is 1.20. The summed E-state index contributed by atoms with van der Waals surface area (Å²) in [6, 6.07) is 1.56. The molecule has 1 N–H and O–H groups in total. The van der Waals surface area contributed by atoms with E-state index in [1.807, 2.05) is 0 Å². The molecule has 26 heavy (non-hydrogen) atoms. The number of aliphatic hydroxyl groups excluding tert-OH is 1. The second-order valence-electron chi connectivity index (χ2n) is 8.65. The van der Waals surface area contributed by atoms with Crippen LogP contribution >= 0.6 is 11.3 Å². The van der Waals surface area contributed by atoms with Gasteiger partial charge in [-0.15, -0.1) is 11.3 Å². The first kappa shape index (κ1) is 18.4. The monoisotopic (exact) mass is 398 g/mol. The average Bonchev–Trinajstić information content (AvgIpc) is 3.32. The van der Waals surface area contributed by atoms with Crippen molar-refractivity contribution in [2.75, 3.05) is 32.8 Å². The van der Waals surface area contributed by atoms with Crippen LogP contribution in [0.5, 0.6) is 0 Å². The molecule has 144 valence electrons. The second kappa shape index (κ2) is 6.02. The number of hydrogen-bond acceptors (Lipinski definition) is 5. The first-order valence-corrected chi connectivity index (χ1v) is 11.5. The van der Waals surface area contributed by atoms with Gasteiger partial charge in [0.15, 0.2) is 0 Å². The topological polar surface area (TPSA) is 77.9 Å². The van der Waals surface area contributed by atoms with E-state index in [-0.39, 0.29) is 34.2 Å². The maximum absolute atomic E-state index is 13.2. The van der Waals surface area contributed by atoms with Crippen molar-refractivity contribution in [3.8, 4) is 0 Å². The van der Waals surface area contributed by atoms with E-state index in [1.165, 1.54) is 15.6 Å². The number of carbonyl (C=O) groups is 1. The molecular formula is C18H26N2O4S2. The van der Waals surface area contributed by atoms with Gasteiger partial charge in [-0.05, 0) is 42.0 Å². The Bertz CT molecular complexity index is 826. The van der Waals surface area contributed by atoms with Gasteiger partial charge in [0.2, 0.25) is 10.0 Å². The van der Waals surface area contributed by atoms with Crippen LogP contribution in [-0.4, -0.2) is 61.4 Å². The molecule has 6 nitrogen and oxygen atoms in total. The molecule has 8 heteroatoms. The van der Waals surface area contributed by atoms with Crippen molar-refractivity contribution in [3.05, 3.63) is 16.3 Å². The number of thiophene rings is 1. The lowest BCUT2D eigenvalue weighted by Crippen LogP contribution is -2.54. The van der Waals surface area contributed by atoms with Crippen molar-refractivity contribution in [2.24, 2.45) is 16.7 Å². The van der Waals surface area contributed by atoms with E-state index in [0.717, 1.165) is 19.3 Å². The molecule has 1 saturated carbocycles. The number of sulfonamides is 1. The van der Waals surface area contributed by atoms with Crippen LogP contribution in [0, 0.1) is 16.7 Å². The number of carbonyl (C=O) groups excluding carboxylic acids is 1. The first-order chi connectivity index (χ1) is 12.2. The SMILES string of the molecule is CC1(C)C[C@]2(CO)CN(C(=O)c3sccc3S(=O)(=O)N3CCCC3)C[C@H]12. The molecule has 0 unspecified atom stereocenters. The Morgan fingerprint density at radius 3 is 2.62 bits per heavy atom. The highest BCUT2D eigenvalue weighted by molar-refractivity contribution is 7.89. The van der Waals surface area contributed by atoms with E-state index >= 15 is 0 Å². The Labute approximate surface area is 158 Å². The Balaban J connectivity index is 1.60. The minimum Gasteiger partial charge on any atom is -0.396 e. The number of aliphatic hydroxyl groups is 1. The summed E-state index contributed by atoms with van der Waals surface area (Å²) in [7, 11) is -3.61. The van der Waals surface area contributed by atoms with Crippen LogP contribution in [0.1, 0.15) is 42.8 Å². The van der Waals surface area contributed by atoms with Crippen LogP contribution < -0.4 is 0 Å². The minimum atomic E-state index is -3.61. The van der Waals surface area contributed by atoms with Gasteiger partial charge in [0.25, 0.3) is 5.91 Å². The van der Waals surface area contributed by atoms with E-state index in [1.54, 1.807) is 16.3 Å². The van der Waals surface area contributed by atoms with Gasteiger partial charge >= 0.3 is 0 Å². The lowest BCUT2D eigenvalue weighted by Gasteiger charge is -2.55. The summed E-state index contributed by atoms with van der Waals surface area (Å²) in [5.74, 6) is 0.0540. The quantitative estimate of drug-likeness (QED) is 0.842. The van der Waals surface area contributed by atoms with E-state index in [2.05, 4.69) is 13.8 Å². The normalized spacial score (nSPS) is 31.0. The third kappa shape index (κ3) is 2.57. The molecule has 1 aromatic rings. The molecular weight excluding hydrogens is 372 g/mol. The number of fused-ring (bicyclic) bond motifs is 1. The molecule has 3 heterocycles. The fraction of sp³-hybridized carbons (Fsp3) is 0.722. The first-order valence-electron chi connectivity index (χ1n) is 9.19. The molecule has 3 fully saturated rings. The van der Waals surface area contributed by atoms with Gasteiger partial charge in [-0.25, -0.2) is 8.42 Å². The molecule has 2 aliphatic heterocycles. The van der Waals surface area contributed by atoms with Gasteiger partial charge in [0.1, 0.15) is 9.77 Å². The molecule has 0 radical (unpaired) electrons. The molecule has 0 bridgehead atoms. The number of nitrogens with zero attached hydrogens (tertiary/aromatic N) is 2. The summed E-state index contributed by atoms with van der Waals surface area (Å²) in [6.07, 6.45) is 2.64. The van der Waals surface area contributed by atoms with E-state index < -0.39 is 10.0 Å². The minimum absolute atomic E-state index is 0.0776. The van der Waals surface area contributed by atoms with Gasteiger partial charge in [0, 0.05) is 31.6 Å². The summed E-state index contributed by atoms with van der Waals surface area (Å²) in [6.45, 7) is 6.58. The van der Waals surface area contributed by atoms with Crippen LogP contribution in [0.15, 0.2) is 16.3 Å². The van der Waals surface area contributed by atoms with E-state index in [0.29, 0.717) is 31.1 Å². The van der Waals surface area contributed by atoms with Crippen LogP contribution in [0.3, 0.4) is 0 Å². The van der Waals surface area contributed by atoms with Crippen molar-refractivity contribution >= 4 is 27.3 Å². The maximum Gasteiger partial charge on any atom is 0.265 e. The van der Waals surface area contributed by atoms with Crippen LogP contribution in [0.2, 0.25) is 0 Å². The number of amides is 1. The number of rotatable bonds is 4. The zero-order chi connectivity index (χ0) is 18.7. The molecule has 4 rings (SSSR count). The van der Waals surface area contributed by atoms with Crippen molar-refractivity contribution in [2.45, 2.75) is 38.0 Å². The summed E-state index contributed by atoms with van der Waals surface area (Å²) in [4.78, 5) is 15.4. The highest BCUT2D eigenvalue weighted by Gasteiger charge is 2.63. The fourth-order valence-electron chi connectivity index (χ4n) is 5.36. The highest BCUT2D eigenvalue weighted by Crippen LogP contribution is 2.62. The lowest BCUT2D eigenvalue weighted by molar-refractivity contribution is -0.0976. The second-order valence-corrected chi connectivity index (χ2v) is 11.5. The largest absolute Gasteiger partial charge is 0.396 e. The van der Waals surface area contributed by atoms with Gasteiger partial charge in [-0.1, -0.05) is 13.8 Å². The number of hydrogen-bond donors (Lipinski definition) is 1. The van der Waals surface area contributed by atoms with Gasteiger partial charge in [0.05, 0.1) is 6.61 Å². The summed E-state index contributed by atoms with van der Waals surface area (Å²) < 4.78 is 27.3. The van der Waals surface area contributed by atoms with Crippen molar-refractivity contribution in [1.29, 1.82) is 0 Å². The summed E-state index contributed by atoms with van der Waals surface area (Å²) in [5.41, 5.74) is -0.109. The van der Waals surface area contributed by atoms with Crippen molar-refractivity contribution in [3.63, 3.8) is 0 Å². The molecule has 1 aromatic heterocycles. The molecule has 1 aliphatic carbocycles. The van der Waals surface area contributed by atoms with E-state index in [4.69, 9.17) is 0 Å². The fourth-order valence-corrected chi connectivity index (χ4v) is 8.24. The van der Waals surface area contributed by atoms with Crippen LogP contribution in [-0.2, 0) is 10.0 Å². The molecule has 3 aliphatic rings. The van der Waals surface area contributed by atoms with Crippen LogP contribution in [0.25, 0.3) is 0 Å². The van der Waals surface area contributed by atoms with Crippen molar-refractivity contribution in [1.82, 2.24) is 9.21 Å². The standard InChI is InChI=1S/C18H26N2O4S2/c1-17(2)10-18(12-21)11-19(9-14(17)18)16(22)15-13(5-8-25-15)26(23,24)20-6-3-4-7-20/h5,8,14,21H,3-4,6-7,9-12H2,1-2H3/t14-,18-/m1/s1. The zero-order valence-electron chi connectivity index (χ0n) is 15.3. The Morgan fingerprint density at radius 2 is 2.04 bits per heavy atom. The smallest absolute Gasteiger partial charge is 0.265 e. The Kier molecular flexibility index (Phi) is 4.26. The van der Waals surface area contributed by atoms with Gasteiger partial charge in [-0.2, -0.15) is 4.31 Å². The maximum atomic E-state index is 13.2. The molecule has 1 amide bonds. The number of likely N-dealkylation sites (tertiary alicyclic amines) is 1. The predicted molar refractivity (Wildman–Crippen MR) is 99.6 cm³/mol. The average molecular weight is 399 g/mol. The third-order valence-electron chi connectivity index (χ3n) is 6.51. The molecule has 0 spiro atoms. The Morgan fingerprint density at radius 1 is 1.35 bits per heavy atom. The molecule has 2 atom stereocenters. The predicted octanol–water partition coefficient (Wildman–Crippen LogP) is 2.01.